The van der Waals surface area contributed by atoms with Crippen molar-refractivity contribution in [2.24, 2.45) is 0 Å². The fourth-order valence-corrected chi connectivity index (χ4v) is 1.92. The van der Waals surface area contributed by atoms with Gasteiger partial charge in [-0.1, -0.05) is 12.1 Å². The number of non-ortho nitro benzene ring substituents is 1. The largest absolute Gasteiger partial charge is 0.508 e. The lowest BCUT2D eigenvalue weighted by molar-refractivity contribution is -0.384. The summed E-state index contributed by atoms with van der Waals surface area (Å²) in [4.78, 5) is 18.9. The van der Waals surface area contributed by atoms with E-state index in [2.05, 4.69) is 9.97 Å². The van der Waals surface area contributed by atoms with Crippen LogP contribution in [-0.4, -0.2) is 20.0 Å². The quantitative estimate of drug-likeness (QED) is 0.569. The predicted molar refractivity (Wildman–Crippen MR) is 73.3 cm³/mol. The van der Waals surface area contributed by atoms with Crippen molar-refractivity contribution < 1.29 is 10.0 Å². The first kappa shape index (κ1) is 12.0. The van der Waals surface area contributed by atoms with Gasteiger partial charge in [-0.25, -0.2) is 4.98 Å². The average Bonchev–Trinajstić information content (AvgIpc) is 2.46. The molecule has 1 N–H and O–H groups in total. The molecule has 0 bridgehead atoms. The molecular formula is C14H9N3O3. The number of nitrogens with zero attached hydrogens (tertiary/aromatic N) is 3. The van der Waals surface area contributed by atoms with Gasteiger partial charge >= 0.3 is 0 Å². The molecule has 0 aliphatic carbocycles. The van der Waals surface area contributed by atoms with Crippen LogP contribution < -0.4 is 0 Å². The number of aromatic hydroxyl groups is 1. The highest BCUT2D eigenvalue weighted by Gasteiger charge is 2.09. The summed E-state index contributed by atoms with van der Waals surface area (Å²) >= 11 is 0. The third-order valence-electron chi connectivity index (χ3n) is 2.88. The highest BCUT2D eigenvalue weighted by molar-refractivity contribution is 5.78. The number of phenols is 1. The third kappa shape index (κ3) is 2.14. The highest BCUT2D eigenvalue weighted by Crippen LogP contribution is 2.24. The van der Waals surface area contributed by atoms with Gasteiger partial charge in [0.1, 0.15) is 5.75 Å². The van der Waals surface area contributed by atoms with E-state index in [1.54, 1.807) is 24.4 Å². The molecule has 2 aromatic carbocycles. The van der Waals surface area contributed by atoms with Crippen molar-refractivity contribution >= 4 is 16.7 Å². The molecule has 6 heteroatoms. The maximum Gasteiger partial charge on any atom is 0.270 e. The third-order valence-corrected chi connectivity index (χ3v) is 2.88. The Hall–Kier alpha value is -3.02. The first-order valence-electron chi connectivity index (χ1n) is 5.84. The Balaban J connectivity index is 2.14. The zero-order valence-corrected chi connectivity index (χ0v) is 10.2. The van der Waals surface area contributed by atoms with Gasteiger partial charge in [0.2, 0.25) is 0 Å². The van der Waals surface area contributed by atoms with E-state index in [9.17, 15) is 15.2 Å². The van der Waals surface area contributed by atoms with Gasteiger partial charge in [-0.3, -0.25) is 15.1 Å². The van der Waals surface area contributed by atoms with Crippen molar-refractivity contribution in [3.05, 3.63) is 58.8 Å². The molecule has 0 aliphatic heterocycles. The smallest absolute Gasteiger partial charge is 0.270 e. The Kier molecular flexibility index (Phi) is 2.76. The van der Waals surface area contributed by atoms with Gasteiger partial charge in [0, 0.05) is 23.8 Å². The van der Waals surface area contributed by atoms with Gasteiger partial charge in [-0.05, 0) is 12.1 Å². The monoisotopic (exact) mass is 267 g/mol. The van der Waals surface area contributed by atoms with Crippen molar-refractivity contribution in [3.63, 3.8) is 0 Å². The molecule has 0 radical (unpaired) electrons. The Morgan fingerprint density at radius 2 is 1.95 bits per heavy atom. The fourth-order valence-electron chi connectivity index (χ4n) is 1.92. The molecule has 3 aromatic rings. The van der Waals surface area contributed by atoms with Gasteiger partial charge < -0.3 is 5.11 Å². The van der Waals surface area contributed by atoms with Crippen molar-refractivity contribution in [1.29, 1.82) is 0 Å². The van der Waals surface area contributed by atoms with Gasteiger partial charge in [0.05, 0.1) is 27.8 Å². The van der Waals surface area contributed by atoms with Crippen molar-refractivity contribution in [1.82, 2.24) is 9.97 Å². The Labute approximate surface area is 113 Å². The van der Waals surface area contributed by atoms with E-state index in [4.69, 9.17) is 0 Å². The molecule has 0 saturated carbocycles. The second kappa shape index (κ2) is 4.58. The zero-order valence-electron chi connectivity index (χ0n) is 10.2. The molecule has 1 heterocycles. The van der Waals surface area contributed by atoms with Crippen LogP contribution in [0, 0.1) is 10.1 Å². The van der Waals surface area contributed by atoms with Crippen LogP contribution in [-0.2, 0) is 0 Å². The molecule has 1 aromatic heterocycles. The number of benzene rings is 2. The molecule has 0 aliphatic rings. The molecule has 0 amide bonds. The van der Waals surface area contributed by atoms with Crippen LogP contribution in [0.25, 0.3) is 22.3 Å². The summed E-state index contributed by atoms with van der Waals surface area (Å²) in [7, 11) is 0. The van der Waals surface area contributed by atoms with Crippen LogP contribution in [0.15, 0.2) is 48.7 Å². The summed E-state index contributed by atoms with van der Waals surface area (Å²) in [6.45, 7) is 0. The molecule has 0 unspecified atom stereocenters. The van der Waals surface area contributed by atoms with E-state index in [0.717, 1.165) is 0 Å². The molecular weight excluding hydrogens is 258 g/mol. The van der Waals surface area contributed by atoms with Gasteiger partial charge in [-0.15, -0.1) is 0 Å². The highest BCUT2D eigenvalue weighted by atomic mass is 16.6. The maximum absolute atomic E-state index is 10.8. The van der Waals surface area contributed by atoms with Crippen molar-refractivity contribution in [3.8, 4) is 17.0 Å². The lowest BCUT2D eigenvalue weighted by Gasteiger charge is -2.03. The molecule has 3 rings (SSSR count). The van der Waals surface area contributed by atoms with Crippen LogP contribution in [0.2, 0.25) is 0 Å². The number of aromatic nitrogens is 2. The number of fused-ring (bicyclic) bond motifs is 1. The number of phenolic OH excluding ortho intramolecular Hbond substituents is 1. The molecule has 98 valence electrons. The van der Waals surface area contributed by atoms with E-state index in [1.807, 2.05) is 0 Å². The minimum Gasteiger partial charge on any atom is -0.508 e. The van der Waals surface area contributed by atoms with Gasteiger partial charge in [0.25, 0.3) is 5.69 Å². The number of hydrogen-bond acceptors (Lipinski definition) is 5. The minimum absolute atomic E-state index is 0.000283. The maximum atomic E-state index is 10.8. The van der Waals surface area contributed by atoms with E-state index in [0.29, 0.717) is 22.3 Å². The summed E-state index contributed by atoms with van der Waals surface area (Å²) in [5.41, 5.74) is 2.31. The first-order chi connectivity index (χ1) is 9.63. The average molecular weight is 267 g/mol. The van der Waals surface area contributed by atoms with Crippen LogP contribution >= 0.6 is 0 Å². The molecule has 6 nitrogen and oxygen atoms in total. The van der Waals surface area contributed by atoms with E-state index >= 15 is 0 Å². The second-order valence-corrected chi connectivity index (χ2v) is 4.24. The minimum atomic E-state index is -0.455. The summed E-state index contributed by atoms with van der Waals surface area (Å²) < 4.78 is 0. The lowest BCUT2D eigenvalue weighted by Crippen LogP contribution is -1.91. The van der Waals surface area contributed by atoms with E-state index in [1.165, 1.54) is 24.3 Å². The molecule has 0 spiro atoms. The van der Waals surface area contributed by atoms with Crippen LogP contribution in [0.3, 0.4) is 0 Å². The normalized spacial score (nSPS) is 10.6. The van der Waals surface area contributed by atoms with Crippen molar-refractivity contribution in [2.45, 2.75) is 0 Å². The van der Waals surface area contributed by atoms with E-state index in [-0.39, 0.29) is 11.4 Å². The van der Waals surface area contributed by atoms with Gasteiger partial charge in [-0.2, -0.15) is 0 Å². The zero-order chi connectivity index (χ0) is 14.1. The Morgan fingerprint density at radius 1 is 1.10 bits per heavy atom. The standard InChI is InChI=1S/C14H9N3O3/c18-11-4-5-12-13(7-11)16-14(8-15-12)9-2-1-3-10(6-9)17(19)20/h1-8,18H. The fraction of sp³-hybridized carbons (Fsp3) is 0. The second-order valence-electron chi connectivity index (χ2n) is 4.24. The summed E-state index contributed by atoms with van der Waals surface area (Å²) in [5, 5.41) is 20.2. The molecule has 0 fully saturated rings. The number of nitro groups is 1. The molecule has 0 atom stereocenters. The number of hydrogen-bond donors (Lipinski definition) is 1. The molecule has 0 saturated heterocycles. The topological polar surface area (TPSA) is 89.2 Å². The first-order valence-corrected chi connectivity index (χ1v) is 5.84. The van der Waals surface area contributed by atoms with Crippen molar-refractivity contribution in [2.75, 3.05) is 0 Å². The van der Waals surface area contributed by atoms with Crippen LogP contribution in [0.5, 0.6) is 5.75 Å². The SMILES string of the molecule is O=[N+]([O-])c1cccc(-c2cnc3ccc(O)cc3n2)c1. The van der Waals surface area contributed by atoms with Gasteiger partial charge in [0.15, 0.2) is 0 Å². The summed E-state index contributed by atoms with van der Waals surface area (Å²) in [5.74, 6) is 0.1000. The van der Waals surface area contributed by atoms with Crippen LogP contribution in [0.1, 0.15) is 0 Å². The number of nitro benzene ring substituents is 1. The Bertz CT molecular complexity index is 818. The Morgan fingerprint density at radius 3 is 2.75 bits per heavy atom. The van der Waals surface area contributed by atoms with Crippen LogP contribution in [0.4, 0.5) is 5.69 Å². The summed E-state index contributed by atoms with van der Waals surface area (Å²) in [6, 6.07) is 10.9. The van der Waals surface area contributed by atoms with E-state index < -0.39 is 4.92 Å². The molecule has 20 heavy (non-hydrogen) atoms. The predicted octanol–water partition coefficient (Wildman–Crippen LogP) is 2.91. The summed E-state index contributed by atoms with van der Waals surface area (Å²) in [6.07, 6.45) is 1.55. The number of rotatable bonds is 2. The lowest BCUT2D eigenvalue weighted by atomic mass is 10.1.